The van der Waals surface area contributed by atoms with Crippen LogP contribution in [0.25, 0.3) is 0 Å². The number of hydrogen-bond donors (Lipinski definition) is 2. The van der Waals surface area contributed by atoms with Crippen LogP contribution in [0.15, 0.2) is 59.9 Å². The summed E-state index contributed by atoms with van der Waals surface area (Å²) < 4.78 is 21.2. The zero-order chi connectivity index (χ0) is 21.9. The first-order valence-electron chi connectivity index (χ1n) is 9.86. The molecule has 0 unspecified atom stereocenters. The number of allylic oxidation sites excluding steroid dienone is 1. The number of ether oxygens (including phenoxy) is 1. The smallest absolute Gasteiger partial charge is 0.310 e. The molecule has 0 saturated carbocycles. The highest BCUT2D eigenvalue weighted by atomic mass is 35.5. The standard InChI is InChI=1S/C23H24Cl2FNO3/c1-3-19(20(26)4-2)23(15-7-11-17(25)12-8-15)27-21(18(13-30-23)22(28)29)14-5-9-16(24)10-6-14/h5-12,18,21,27H,3-4,13H2,1-2H3,(H,28,29)/b20-19-/t18-,21+,23+/m0/s1. The fourth-order valence-electron chi connectivity index (χ4n) is 3.92. The summed E-state index contributed by atoms with van der Waals surface area (Å²) in [5, 5.41) is 14.2. The fraction of sp³-hybridized carbons (Fsp3) is 0.348. The molecule has 0 bridgehead atoms. The van der Waals surface area contributed by atoms with Crippen molar-refractivity contribution in [3.8, 4) is 0 Å². The largest absolute Gasteiger partial charge is 0.481 e. The van der Waals surface area contributed by atoms with Gasteiger partial charge in [0, 0.05) is 21.2 Å². The van der Waals surface area contributed by atoms with E-state index in [1.165, 1.54) is 0 Å². The molecule has 1 aliphatic rings. The average Bonchev–Trinajstić information content (AvgIpc) is 2.74. The van der Waals surface area contributed by atoms with Crippen LogP contribution >= 0.6 is 23.2 Å². The molecule has 0 amide bonds. The van der Waals surface area contributed by atoms with Gasteiger partial charge in [0.05, 0.1) is 18.6 Å². The first-order valence-corrected chi connectivity index (χ1v) is 10.6. The van der Waals surface area contributed by atoms with Gasteiger partial charge in [-0.25, -0.2) is 4.39 Å². The number of rotatable bonds is 6. The Balaban J connectivity index is 2.18. The van der Waals surface area contributed by atoms with E-state index >= 15 is 4.39 Å². The highest BCUT2D eigenvalue weighted by Gasteiger charge is 2.48. The summed E-state index contributed by atoms with van der Waals surface area (Å²) in [6.45, 7) is 3.51. The second-order valence-corrected chi connectivity index (χ2v) is 8.08. The molecular weight excluding hydrogens is 428 g/mol. The fourth-order valence-corrected chi connectivity index (χ4v) is 4.17. The normalized spacial score (nSPS) is 25.0. The Bertz CT molecular complexity index is 930. The summed E-state index contributed by atoms with van der Waals surface area (Å²) in [4.78, 5) is 12.0. The van der Waals surface area contributed by atoms with E-state index in [0.29, 0.717) is 27.6 Å². The molecule has 0 aliphatic carbocycles. The number of benzene rings is 2. The van der Waals surface area contributed by atoms with E-state index in [0.717, 1.165) is 5.56 Å². The summed E-state index contributed by atoms with van der Waals surface area (Å²) in [6.07, 6.45) is 0.595. The van der Waals surface area contributed by atoms with Crippen LogP contribution in [-0.4, -0.2) is 17.7 Å². The Morgan fingerprint density at radius 1 is 1.10 bits per heavy atom. The quantitative estimate of drug-likeness (QED) is 0.544. The lowest BCUT2D eigenvalue weighted by Gasteiger charge is -2.46. The van der Waals surface area contributed by atoms with Gasteiger partial charge in [-0.2, -0.15) is 0 Å². The lowest BCUT2D eigenvalue weighted by molar-refractivity contribution is -0.163. The minimum absolute atomic E-state index is 0.0846. The van der Waals surface area contributed by atoms with E-state index in [1.54, 1.807) is 55.5 Å². The number of nitrogens with one attached hydrogen (secondary N) is 1. The molecule has 3 rings (SSSR count). The predicted octanol–water partition coefficient (Wildman–Crippen LogP) is 6.25. The van der Waals surface area contributed by atoms with E-state index in [9.17, 15) is 9.90 Å². The molecule has 4 nitrogen and oxygen atoms in total. The first-order chi connectivity index (χ1) is 14.3. The number of carboxylic acid groups (broad SMARTS) is 1. The molecular formula is C23H24Cl2FNO3. The van der Waals surface area contributed by atoms with E-state index in [2.05, 4.69) is 5.32 Å². The van der Waals surface area contributed by atoms with Crippen molar-refractivity contribution >= 4 is 29.2 Å². The van der Waals surface area contributed by atoms with Crippen LogP contribution in [0.4, 0.5) is 4.39 Å². The van der Waals surface area contributed by atoms with Crippen molar-refractivity contribution in [1.29, 1.82) is 0 Å². The molecule has 2 aromatic rings. The third kappa shape index (κ3) is 4.40. The third-order valence-electron chi connectivity index (χ3n) is 5.45. The minimum Gasteiger partial charge on any atom is -0.481 e. The lowest BCUT2D eigenvalue weighted by atomic mass is 9.83. The molecule has 2 aromatic carbocycles. The van der Waals surface area contributed by atoms with Crippen molar-refractivity contribution < 1.29 is 19.0 Å². The molecule has 0 radical (unpaired) electrons. The van der Waals surface area contributed by atoms with Gasteiger partial charge in [0.2, 0.25) is 0 Å². The van der Waals surface area contributed by atoms with Gasteiger partial charge in [0.1, 0.15) is 5.83 Å². The Hall–Kier alpha value is -1.92. The van der Waals surface area contributed by atoms with Crippen molar-refractivity contribution in [2.45, 2.75) is 38.5 Å². The lowest BCUT2D eigenvalue weighted by Crippen LogP contribution is -2.56. The molecule has 30 heavy (non-hydrogen) atoms. The van der Waals surface area contributed by atoms with Crippen LogP contribution in [0.1, 0.15) is 43.9 Å². The van der Waals surface area contributed by atoms with Crippen LogP contribution in [0.2, 0.25) is 10.0 Å². The second-order valence-electron chi connectivity index (χ2n) is 7.21. The molecule has 2 N–H and O–H groups in total. The summed E-state index contributed by atoms with van der Waals surface area (Å²) in [5.74, 6) is -2.14. The number of halogens is 3. The number of carboxylic acids is 1. The van der Waals surface area contributed by atoms with Gasteiger partial charge in [-0.3, -0.25) is 10.1 Å². The topological polar surface area (TPSA) is 58.6 Å². The van der Waals surface area contributed by atoms with E-state index in [1.807, 2.05) is 6.92 Å². The highest BCUT2D eigenvalue weighted by Crippen LogP contribution is 2.44. The zero-order valence-electron chi connectivity index (χ0n) is 16.8. The Labute approximate surface area is 185 Å². The molecule has 0 aromatic heterocycles. The first kappa shape index (κ1) is 22.8. The van der Waals surface area contributed by atoms with Gasteiger partial charge in [0.15, 0.2) is 5.72 Å². The Morgan fingerprint density at radius 2 is 1.67 bits per heavy atom. The summed E-state index contributed by atoms with van der Waals surface area (Å²) in [6, 6.07) is 13.3. The molecule has 1 saturated heterocycles. The van der Waals surface area contributed by atoms with Gasteiger partial charge in [-0.15, -0.1) is 0 Å². The Kier molecular flexibility index (Phi) is 7.19. The predicted molar refractivity (Wildman–Crippen MR) is 116 cm³/mol. The zero-order valence-corrected chi connectivity index (χ0v) is 18.3. The maximum Gasteiger partial charge on any atom is 0.310 e. The van der Waals surface area contributed by atoms with Crippen LogP contribution in [0, 0.1) is 5.92 Å². The average molecular weight is 452 g/mol. The van der Waals surface area contributed by atoms with Gasteiger partial charge in [-0.05, 0) is 42.7 Å². The second kappa shape index (κ2) is 9.48. The number of hydrogen-bond acceptors (Lipinski definition) is 3. The summed E-state index contributed by atoms with van der Waals surface area (Å²) in [7, 11) is 0. The van der Waals surface area contributed by atoms with Crippen LogP contribution in [-0.2, 0) is 15.3 Å². The van der Waals surface area contributed by atoms with Crippen LogP contribution < -0.4 is 5.32 Å². The van der Waals surface area contributed by atoms with E-state index < -0.39 is 23.7 Å². The Morgan fingerprint density at radius 3 is 2.17 bits per heavy atom. The van der Waals surface area contributed by atoms with Crippen molar-refractivity contribution in [2.24, 2.45) is 5.92 Å². The van der Waals surface area contributed by atoms with Crippen molar-refractivity contribution in [1.82, 2.24) is 5.32 Å². The minimum atomic E-state index is -1.31. The highest BCUT2D eigenvalue weighted by molar-refractivity contribution is 6.30. The van der Waals surface area contributed by atoms with Crippen LogP contribution in [0.3, 0.4) is 0 Å². The van der Waals surface area contributed by atoms with Crippen molar-refractivity contribution in [3.63, 3.8) is 0 Å². The molecule has 1 aliphatic heterocycles. The molecule has 160 valence electrons. The van der Waals surface area contributed by atoms with Gasteiger partial charge in [0.25, 0.3) is 0 Å². The van der Waals surface area contributed by atoms with E-state index in [4.69, 9.17) is 27.9 Å². The maximum absolute atomic E-state index is 15.0. The van der Waals surface area contributed by atoms with Crippen LogP contribution in [0.5, 0.6) is 0 Å². The summed E-state index contributed by atoms with van der Waals surface area (Å²) >= 11 is 12.1. The molecule has 1 fully saturated rings. The molecule has 0 spiro atoms. The van der Waals surface area contributed by atoms with E-state index in [-0.39, 0.29) is 18.9 Å². The van der Waals surface area contributed by atoms with Gasteiger partial charge >= 0.3 is 5.97 Å². The molecule has 1 heterocycles. The maximum atomic E-state index is 15.0. The van der Waals surface area contributed by atoms with Gasteiger partial charge < -0.3 is 9.84 Å². The molecule has 3 atom stereocenters. The van der Waals surface area contributed by atoms with Crippen molar-refractivity contribution in [2.75, 3.05) is 6.61 Å². The van der Waals surface area contributed by atoms with Crippen molar-refractivity contribution in [3.05, 3.63) is 81.1 Å². The molecule has 7 heteroatoms. The monoisotopic (exact) mass is 451 g/mol. The summed E-state index contributed by atoms with van der Waals surface area (Å²) in [5.41, 5.74) is 0.529. The third-order valence-corrected chi connectivity index (χ3v) is 5.96. The SMILES string of the molecule is CC/C(F)=C(\CC)[C@]1(c2ccc(Cl)cc2)N[C@H](c2ccc(Cl)cc2)[C@@H](C(=O)O)CO1. The van der Waals surface area contributed by atoms with Gasteiger partial charge in [-0.1, -0.05) is 61.3 Å². The number of carbonyl (C=O) groups is 1. The number of aliphatic carboxylic acids is 1.